The molecule has 3 aromatic carbocycles. The lowest BCUT2D eigenvalue weighted by atomic mass is 10.1. The van der Waals surface area contributed by atoms with Gasteiger partial charge in [0.1, 0.15) is 0 Å². The van der Waals surface area contributed by atoms with Gasteiger partial charge < -0.3 is 10.3 Å². The molecule has 0 aliphatic rings. The molecule has 156 valence electrons. The summed E-state index contributed by atoms with van der Waals surface area (Å²) in [6.45, 7) is 2.51. The first-order chi connectivity index (χ1) is 15.1. The number of guanidine groups is 1. The number of fused-ring (bicyclic) bond motifs is 1. The molecule has 0 aliphatic heterocycles. The number of hydrogen-bond acceptors (Lipinski definition) is 2. The smallest absolute Gasteiger partial charge is 0.259 e. The first kappa shape index (κ1) is 20.7. The molecule has 31 heavy (non-hydrogen) atoms. The molecule has 1 aromatic heterocycles. The van der Waals surface area contributed by atoms with E-state index in [1.54, 1.807) is 24.3 Å². The van der Waals surface area contributed by atoms with Crippen molar-refractivity contribution < 1.29 is 4.79 Å². The molecule has 0 fully saturated rings. The Hall–Kier alpha value is -3.57. The quantitative estimate of drug-likeness (QED) is 0.286. The third kappa shape index (κ3) is 4.95. The number of carbonyl (C=O) groups is 1. The Kier molecular flexibility index (Phi) is 6.34. The van der Waals surface area contributed by atoms with E-state index in [4.69, 9.17) is 11.6 Å². The molecular formula is C25H23ClN4O. The van der Waals surface area contributed by atoms with E-state index >= 15 is 0 Å². The van der Waals surface area contributed by atoms with E-state index in [1.807, 2.05) is 49.5 Å². The van der Waals surface area contributed by atoms with Crippen molar-refractivity contribution in [3.05, 3.63) is 101 Å². The van der Waals surface area contributed by atoms with Crippen molar-refractivity contribution in [2.75, 3.05) is 11.9 Å². The standard InChI is InChI=1S/C25H23ClN4O/c1-17-8-2-6-12-22(17)29-25(30-24(31)20-10-3-5-11-21(20)26)27-15-14-18-16-28-23-13-7-4-9-19(18)23/h2-13,16,28H,14-15H2,1H3,(H2,27,29,30,31). The van der Waals surface area contributed by atoms with Gasteiger partial charge in [-0.2, -0.15) is 0 Å². The number of H-pyrrole nitrogens is 1. The van der Waals surface area contributed by atoms with E-state index in [0.717, 1.165) is 23.2 Å². The summed E-state index contributed by atoms with van der Waals surface area (Å²) in [4.78, 5) is 20.7. The minimum Gasteiger partial charge on any atom is -0.361 e. The number of rotatable bonds is 5. The van der Waals surface area contributed by atoms with Crippen LogP contribution in [0.15, 0.2) is 84.0 Å². The number of aliphatic imine (C=N–C) groups is 1. The van der Waals surface area contributed by atoms with Crippen molar-refractivity contribution >= 4 is 40.1 Å². The van der Waals surface area contributed by atoms with E-state index in [1.165, 1.54) is 10.9 Å². The van der Waals surface area contributed by atoms with Crippen molar-refractivity contribution in [2.24, 2.45) is 4.99 Å². The molecule has 0 bridgehead atoms. The highest BCUT2D eigenvalue weighted by molar-refractivity contribution is 6.34. The van der Waals surface area contributed by atoms with E-state index in [2.05, 4.69) is 32.7 Å². The van der Waals surface area contributed by atoms with Crippen LogP contribution in [0.2, 0.25) is 5.02 Å². The van der Waals surface area contributed by atoms with Crippen molar-refractivity contribution in [1.29, 1.82) is 0 Å². The number of aromatic amines is 1. The summed E-state index contributed by atoms with van der Waals surface area (Å²) in [6.07, 6.45) is 2.75. The Morgan fingerprint density at radius 1 is 1.00 bits per heavy atom. The summed E-state index contributed by atoms with van der Waals surface area (Å²) < 4.78 is 0. The van der Waals surface area contributed by atoms with Crippen molar-refractivity contribution in [2.45, 2.75) is 13.3 Å². The molecule has 0 spiro atoms. The number of aromatic nitrogens is 1. The van der Waals surface area contributed by atoms with Crippen LogP contribution in [-0.4, -0.2) is 23.4 Å². The average Bonchev–Trinajstić information content (AvgIpc) is 3.18. The van der Waals surface area contributed by atoms with Gasteiger partial charge in [0.15, 0.2) is 0 Å². The fourth-order valence-electron chi connectivity index (χ4n) is 3.40. The average molecular weight is 431 g/mol. The van der Waals surface area contributed by atoms with Crippen LogP contribution in [0.3, 0.4) is 0 Å². The SMILES string of the molecule is Cc1ccccc1NC(=NCCc1c[nH]c2ccccc12)NC(=O)c1ccccc1Cl. The van der Waals surface area contributed by atoms with Gasteiger partial charge in [-0.1, -0.05) is 60.1 Å². The normalized spacial score (nSPS) is 11.5. The summed E-state index contributed by atoms with van der Waals surface area (Å²) in [7, 11) is 0. The molecule has 4 rings (SSSR count). The minimum atomic E-state index is -0.308. The summed E-state index contributed by atoms with van der Waals surface area (Å²) in [5, 5.41) is 7.71. The number of amides is 1. The van der Waals surface area contributed by atoms with E-state index in [-0.39, 0.29) is 5.91 Å². The van der Waals surface area contributed by atoms with Gasteiger partial charge in [0.25, 0.3) is 5.91 Å². The fourth-order valence-corrected chi connectivity index (χ4v) is 3.62. The zero-order chi connectivity index (χ0) is 21.6. The Bertz CT molecular complexity index is 1250. The number of anilines is 1. The Morgan fingerprint density at radius 3 is 2.58 bits per heavy atom. The highest BCUT2D eigenvalue weighted by Crippen LogP contribution is 2.19. The van der Waals surface area contributed by atoms with Gasteiger partial charge >= 0.3 is 0 Å². The Morgan fingerprint density at radius 2 is 1.74 bits per heavy atom. The van der Waals surface area contributed by atoms with E-state index in [9.17, 15) is 4.79 Å². The number of carbonyl (C=O) groups excluding carboxylic acids is 1. The lowest BCUT2D eigenvalue weighted by Crippen LogP contribution is -2.36. The number of nitrogens with one attached hydrogen (secondary N) is 3. The van der Waals surface area contributed by atoms with E-state index in [0.29, 0.717) is 23.1 Å². The van der Waals surface area contributed by atoms with Crippen LogP contribution in [0.5, 0.6) is 0 Å². The van der Waals surface area contributed by atoms with Gasteiger partial charge in [0.2, 0.25) is 5.96 Å². The zero-order valence-electron chi connectivity index (χ0n) is 17.2. The third-order valence-electron chi connectivity index (χ3n) is 5.07. The number of hydrogen-bond donors (Lipinski definition) is 3. The molecule has 5 nitrogen and oxygen atoms in total. The molecule has 0 saturated heterocycles. The Labute approximate surface area is 186 Å². The lowest BCUT2D eigenvalue weighted by Gasteiger charge is -2.14. The first-order valence-corrected chi connectivity index (χ1v) is 10.5. The highest BCUT2D eigenvalue weighted by atomic mass is 35.5. The predicted octanol–water partition coefficient (Wildman–Crippen LogP) is 5.57. The number of halogens is 1. The second-order valence-electron chi connectivity index (χ2n) is 7.21. The van der Waals surface area contributed by atoms with Crippen molar-refractivity contribution in [1.82, 2.24) is 10.3 Å². The molecule has 4 aromatic rings. The second-order valence-corrected chi connectivity index (χ2v) is 7.62. The zero-order valence-corrected chi connectivity index (χ0v) is 17.9. The summed E-state index contributed by atoms with van der Waals surface area (Å²) in [6, 6.07) is 23.0. The van der Waals surface area contributed by atoms with Crippen LogP contribution in [0, 0.1) is 6.92 Å². The van der Waals surface area contributed by atoms with Gasteiger partial charge in [-0.25, -0.2) is 0 Å². The largest absolute Gasteiger partial charge is 0.361 e. The molecule has 0 aliphatic carbocycles. The fraction of sp³-hybridized carbons (Fsp3) is 0.120. The van der Waals surface area contributed by atoms with Crippen LogP contribution in [-0.2, 0) is 6.42 Å². The summed E-state index contributed by atoms with van der Waals surface area (Å²) in [5.74, 6) is 0.0802. The van der Waals surface area contributed by atoms with Crippen LogP contribution in [0.25, 0.3) is 10.9 Å². The Balaban J connectivity index is 1.54. The van der Waals surface area contributed by atoms with E-state index < -0.39 is 0 Å². The molecule has 6 heteroatoms. The molecule has 0 unspecified atom stereocenters. The molecule has 0 atom stereocenters. The predicted molar refractivity (Wildman–Crippen MR) is 128 cm³/mol. The highest BCUT2D eigenvalue weighted by Gasteiger charge is 2.13. The first-order valence-electron chi connectivity index (χ1n) is 10.1. The van der Waals surface area contributed by atoms with Gasteiger partial charge in [0.05, 0.1) is 10.6 Å². The van der Waals surface area contributed by atoms with Crippen molar-refractivity contribution in [3.8, 4) is 0 Å². The van der Waals surface area contributed by atoms with Crippen LogP contribution in [0.1, 0.15) is 21.5 Å². The van der Waals surface area contributed by atoms with Gasteiger partial charge in [0, 0.05) is 29.3 Å². The third-order valence-corrected chi connectivity index (χ3v) is 5.40. The molecule has 1 amide bonds. The van der Waals surface area contributed by atoms with Gasteiger partial charge in [-0.15, -0.1) is 0 Å². The molecule has 3 N–H and O–H groups in total. The van der Waals surface area contributed by atoms with Gasteiger partial charge in [-0.05, 0) is 48.7 Å². The molecular weight excluding hydrogens is 408 g/mol. The van der Waals surface area contributed by atoms with Crippen LogP contribution < -0.4 is 10.6 Å². The topological polar surface area (TPSA) is 69.3 Å². The number of para-hydroxylation sites is 2. The molecule has 1 heterocycles. The van der Waals surface area contributed by atoms with Crippen LogP contribution >= 0.6 is 11.6 Å². The number of nitrogens with zero attached hydrogens (tertiary/aromatic N) is 1. The maximum absolute atomic E-state index is 12.8. The van der Waals surface area contributed by atoms with Gasteiger partial charge in [-0.3, -0.25) is 15.1 Å². The maximum Gasteiger partial charge on any atom is 0.259 e. The summed E-state index contributed by atoms with van der Waals surface area (Å²) >= 11 is 6.19. The number of aryl methyl sites for hydroxylation is 1. The minimum absolute atomic E-state index is 0.308. The molecule has 0 radical (unpaired) electrons. The van der Waals surface area contributed by atoms with Crippen molar-refractivity contribution in [3.63, 3.8) is 0 Å². The molecule has 0 saturated carbocycles. The maximum atomic E-state index is 12.8. The summed E-state index contributed by atoms with van der Waals surface area (Å²) in [5.41, 5.74) is 4.63. The monoisotopic (exact) mass is 430 g/mol. The lowest BCUT2D eigenvalue weighted by molar-refractivity contribution is 0.0977. The number of benzene rings is 3. The second kappa shape index (κ2) is 9.49. The van der Waals surface area contributed by atoms with Crippen LogP contribution in [0.4, 0.5) is 5.69 Å².